The fourth-order valence-corrected chi connectivity index (χ4v) is 3.77. The lowest BCUT2D eigenvalue weighted by Gasteiger charge is -2.16. The molecule has 0 amide bonds. The van der Waals surface area contributed by atoms with Crippen molar-refractivity contribution in [2.75, 3.05) is 7.11 Å². The standard InChI is InChI=1S/C24H18FN3O/c1-29-22-10-6-5-9-17(22)14-28-15-20-23(16-7-3-2-4-8-16)26-27-24(20)19-13-18(25)11-12-21(19)28/h2-13,15H,14H2,1H3. The van der Waals surface area contributed by atoms with E-state index in [1.807, 2.05) is 60.8 Å². The van der Waals surface area contributed by atoms with Crippen molar-refractivity contribution in [2.24, 2.45) is 0 Å². The van der Waals surface area contributed by atoms with E-state index >= 15 is 0 Å². The van der Waals surface area contributed by atoms with Crippen LogP contribution in [0.5, 0.6) is 5.75 Å². The van der Waals surface area contributed by atoms with Crippen LogP contribution in [0, 0.1) is 5.82 Å². The molecule has 2 heterocycles. The molecule has 0 unspecified atom stereocenters. The van der Waals surface area contributed by atoms with Crippen LogP contribution in [-0.2, 0) is 6.54 Å². The highest BCUT2D eigenvalue weighted by Gasteiger charge is 2.20. The summed E-state index contributed by atoms with van der Waals surface area (Å²) in [5.74, 6) is 0.524. The van der Waals surface area contributed by atoms with Gasteiger partial charge in [0.1, 0.15) is 23.0 Å². The summed E-state index contributed by atoms with van der Waals surface area (Å²) in [6.07, 6.45) is 2.05. The van der Waals surface area contributed by atoms with Gasteiger partial charge in [0.05, 0.1) is 19.2 Å². The zero-order valence-electron chi connectivity index (χ0n) is 15.8. The minimum Gasteiger partial charge on any atom is -0.496 e. The van der Waals surface area contributed by atoms with Gasteiger partial charge >= 0.3 is 0 Å². The first-order chi connectivity index (χ1) is 14.2. The molecule has 0 bridgehead atoms. The Labute approximate surface area is 167 Å². The van der Waals surface area contributed by atoms with Crippen molar-refractivity contribution in [2.45, 2.75) is 6.54 Å². The zero-order chi connectivity index (χ0) is 19.8. The molecule has 4 nitrogen and oxygen atoms in total. The molecule has 2 aliphatic rings. The van der Waals surface area contributed by atoms with Gasteiger partial charge in [0.2, 0.25) is 0 Å². The van der Waals surface area contributed by atoms with Crippen LogP contribution in [0.1, 0.15) is 5.56 Å². The predicted octanol–water partition coefficient (Wildman–Crippen LogP) is 5.40. The van der Waals surface area contributed by atoms with Gasteiger partial charge in [0.15, 0.2) is 0 Å². The van der Waals surface area contributed by atoms with Crippen LogP contribution >= 0.6 is 0 Å². The number of methoxy groups -OCH3 is 1. The molecule has 2 aliphatic heterocycles. The van der Waals surface area contributed by atoms with E-state index in [-0.39, 0.29) is 5.82 Å². The van der Waals surface area contributed by atoms with Gasteiger partial charge in [-0.05, 0) is 24.3 Å². The highest BCUT2D eigenvalue weighted by molar-refractivity contribution is 5.98. The fourth-order valence-electron chi connectivity index (χ4n) is 3.77. The number of para-hydroxylation sites is 1. The van der Waals surface area contributed by atoms with E-state index in [0.29, 0.717) is 12.2 Å². The normalized spacial score (nSPS) is 11.2. The SMILES string of the molecule is COc1ccccc1Cn1cc2c(-c3ccccc3)nnc-2c2cc(F)ccc21. The number of nitrogens with zero attached hydrogens (tertiary/aromatic N) is 3. The van der Waals surface area contributed by atoms with Crippen molar-refractivity contribution in [1.82, 2.24) is 14.8 Å². The second-order valence-electron chi connectivity index (χ2n) is 6.91. The lowest BCUT2D eigenvalue weighted by molar-refractivity contribution is 0.408. The molecule has 0 aromatic heterocycles. The third kappa shape index (κ3) is 3.01. The molecule has 3 aromatic carbocycles. The largest absolute Gasteiger partial charge is 0.496 e. The number of benzene rings is 3. The molecule has 29 heavy (non-hydrogen) atoms. The average molecular weight is 383 g/mol. The number of hydrogen-bond acceptors (Lipinski definition) is 3. The van der Waals surface area contributed by atoms with Gasteiger partial charge in [0.25, 0.3) is 0 Å². The topological polar surface area (TPSA) is 39.9 Å². The number of fused-ring (bicyclic) bond motifs is 3. The molecule has 5 rings (SSSR count). The maximum absolute atomic E-state index is 14.1. The maximum atomic E-state index is 14.1. The van der Waals surface area contributed by atoms with Crippen molar-refractivity contribution < 1.29 is 9.13 Å². The smallest absolute Gasteiger partial charge is 0.124 e. The highest BCUT2D eigenvalue weighted by atomic mass is 19.1. The van der Waals surface area contributed by atoms with Crippen molar-refractivity contribution in [3.63, 3.8) is 0 Å². The van der Waals surface area contributed by atoms with Gasteiger partial charge < -0.3 is 9.30 Å². The first kappa shape index (κ1) is 17.4. The number of hydrogen-bond donors (Lipinski definition) is 0. The number of aromatic nitrogens is 3. The fraction of sp³-hybridized carbons (Fsp3) is 0.0833. The monoisotopic (exact) mass is 383 g/mol. The van der Waals surface area contributed by atoms with Gasteiger partial charge in [-0.2, -0.15) is 0 Å². The van der Waals surface area contributed by atoms with Crippen molar-refractivity contribution in [3.05, 3.63) is 90.4 Å². The second-order valence-corrected chi connectivity index (χ2v) is 6.91. The molecule has 142 valence electrons. The molecule has 0 radical (unpaired) electrons. The molecule has 5 heteroatoms. The van der Waals surface area contributed by atoms with E-state index in [0.717, 1.165) is 39.0 Å². The molecule has 0 atom stereocenters. The summed E-state index contributed by atoms with van der Waals surface area (Å²) in [6, 6.07) is 22.6. The van der Waals surface area contributed by atoms with Crippen LogP contribution in [0.4, 0.5) is 4.39 Å². The van der Waals surface area contributed by atoms with Gasteiger partial charge in [-0.15, -0.1) is 10.2 Å². The van der Waals surface area contributed by atoms with Gasteiger partial charge in [-0.3, -0.25) is 0 Å². The van der Waals surface area contributed by atoms with Crippen LogP contribution in [-0.4, -0.2) is 21.9 Å². The Hall–Kier alpha value is -3.73. The zero-order valence-corrected chi connectivity index (χ0v) is 15.8. The van der Waals surface area contributed by atoms with Crippen molar-refractivity contribution in [3.8, 4) is 28.3 Å². The lowest BCUT2D eigenvalue weighted by atomic mass is 10.0. The Morgan fingerprint density at radius 3 is 2.48 bits per heavy atom. The van der Waals surface area contributed by atoms with E-state index in [2.05, 4.69) is 14.8 Å². The van der Waals surface area contributed by atoms with Crippen LogP contribution in [0.25, 0.3) is 33.4 Å². The first-order valence-electron chi connectivity index (χ1n) is 9.36. The molecule has 0 aliphatic carbocycles. The Morgan fingerprint density at radius 1 is 0.897 bits per heavy atom. The first-order valence-corrected chi connectivity index (χ1v) is 9.36. The third-order valence-corrected chi connectivity index (χ3v) is 5.15. The molecule has 0 saturated carbocycles. The minimum absolute atomic E-state index is 0.293. The van der Waals surface area contributed by atoms with Crippen LogP contribution in [0.3, 0.4) is 0 Å². The van der Waals surface area contributed by atoms with Gasteiger partial charge in [-0.25, -0.2) is 4.39 Å². The van der Waals surface area contributed by atoms with Crippen LogP contribution in [0.2, 0.25) is 0 Å². The Bertz CT molecular complexity index is 1280. The van der Waals surface area contributed by atoms with Gasteiger partial charge in [0, 0.05) is 28.3 Å². The number of pyridine rings is 1. The number of rotatable bonds is 4. The summed E-state index contributed by atoms with van der Waals surface area (Å²) in [5.41, 5.74) is 5.30. The van der Waals surface area contributed by atoms with Crippen LogP contribution in [0.15, 0.2) is 79.0 Å². The Kier molecular flexibility index (Phi) is 4.21. The van der Waals surface area contributed by atoms with E-state index in [4.69, 9.17) is 4.74 Å². The average Bonchev–Trinajstić information content (AvgIpc) is 3.19. The highest BCUT2D eigenvalue weighted by Crippen LogP contribution is 2.37. The molecule has 3 aromatic rings. The maximum Gasteiger partial charge on any atom is 0.124 e. The summed E-state index contributed by atoms with van der Waals surface area (Å²) in [7, 11) is 1.67. The third-order valence-electron chi connectivity index (χ3n) is 5.15. The van der Waals surface area contributed by atoms with Crippen molar-refractivity contribution in [1.29, 1.82) is 0 Å². The van der Waals surface area contributed by atoms with Crippen LogP contribution < -0.4 is 4.74 Å². The number of ether oxygens (including phenoxy) is 1. The van der Waals surface area contributed by atoms with E-state index in [1.165, 1.54) is 12.1 Å². The summed E-state index contributed by atoms with van der Waals surface area (Å²) < 4.78 is 21.7. The molecular formula is C24H18FN3O. The molecule has 0 fully saturated rings. The summed E-state index contributed by atoms with van der Waals surface area (Å²) in [4.78, 5) is 0. The Morgan fingerprint density at radius 2 is 1.66 bits per heavy atom. The molecule has 0 saturated heterocycles. The second kappa shape index (κ2) is 7.02. The molecule has 0 spiro atoms. The van der Waals surface area contributed by atoms with E-state index in [1.54, 1.807) is 13.2 Å². The summed E-state index contributed by atoms with van der Waals surface area (Å²) in [6.45, 7) is 0.585. The quantitative estimate of drug-likeness (QED) is 0.417. The minimum atomic E-state index is -0.293. The summed E-state index contributed by atoms with van der Waals surface area (Å²) in [5, 5.41) is 9.55. The van der Waals surface area contributed by atoms with E-state index in [9.17, 15) is 4.39 Å². The summed E-state index contributed by atoms with van der Waals surface area (Å²) >= 11 is 0. The predicted molar refractivity (Wildman–Crippen MR) is 112 cm³/mol. The Balaban J connectivity index is 1.76. The molecule has 0 N–H and O–H groups in total. The van der Waals surface area contributed by atoms with Gasteiger partial charge in [-0.1, -0.05) is 48.5 Å². The number of halogens is 1. The van der Waals surface area contributed by atoms with Crippen molar-refractivity contribution >= 4 is 10.9 Å². The lowest BCUT2D eigenvalue weighted by Crippen LogP contribution is -2.05. The molecular weight excluding hydrogens is 365 g/mol. The van der Waals surface area contributed by atoms with E-state index < -0.39 is 0 Å².